The van der Waals surface area contributed by atoms with Gasteiger partial charge in [0.1, 0.15) is 12.1 Å². The molecule has 1 atom stereocenters. The number of nitrogens with two attached hydrogens (primary N) is 1. The van der Waals surface area contributed by atoms with Crippen LogP contribution in [0.1, 0.15) is 11.6 Å². The van der Waals surface area contributed by atoms with E-state index in [0.29, 0.717) is 0 Å². The summed E-state index contributed by atoms with van der Waals surface area (Å²) in [4.78, 5) is 13.8. The average Bonchev–Trinajstić information content (AvgIpc) is 2.27. The van der Waals surface area contributed by atoms with Crippen molar-refractivity contribution in [2.24, 2.45) is 5.73 Å². The van der Waals surface area contributed by atoms with E-state index in [2.05, 4.69) is 4.90 Å². The van der Waals surface area contributed by atoms with Crippen LogP contribution in [-0.4, -0.2) is 37.1 Å². The van der Waals surface area contributed by atoms with Crippen LogP contribution in [0.3, 0.4) is 0 Å². The van der Waals surface area contributed by atoms with Gasteiger partial charge in [-0.15, -0.1) is 0 Å². The van der Waals surface area contributed by atoms with Crippen molar-refractivity contribution in [1.29, 1.82) is 0 Å². The number of likely N-dealkylation sites (tertiary alicyclic amines) is 1. The minimum absolute atomic E-state index is 0.00672. The zero-order valence-electron chi connectivity index (χ0n) is 9.30. The summed E-state index contributed by atoms with van der Waals surface area (Å²) in [5.41, 5.74) is 6.60. The molecule has 1 saturated heterocycles. The third kappa shape index (κ3) is 2.40. The third-order valence-corrected chi connectivity index (χ3v) is 2.73. The van der Waals surface area contributed by atoms with Gasteiger partial charge >= 0.3 is 5.97 Å². The number of rotatable bonds is 3. The Balaban J connectivity index is 1.90. The minimum atomic E-state index is -0.674. The maximum atomic E-state index is 11.7. The maximum Gasteiger partial charge on any atom is 0.327 e. The first kappa shape index (κ1) is 11.1. The van der Waals surface area contributed by atoms with E-state index in [1.165, 1.54) is 0 Å². The molecule has 0 radical (unpaired) electrons. The normalized spacial score (nSPS) is 18.9. The lowest BCUT2D eigenvalue weighted by molar-refractivity contribution is -0.158. The summed E-state index contributed by atoms with van der Waals surface area (Å²) in [6.07, 6.45) is 0.00672. The highest BCUT2D eigenvalue weighted by Crippen LogP contribution is 2.15. The molecular formula is C12H16N2O2. The van der Waals surface area contributed by atoms with E-state index in [9.17, 15) is 4.79 Å². The number of benzene rings is 1. The Kier molecular flexibility index (Phi) is 3.22. The summed E-state index contributed by atoms with van der Waals surface area (Å²) in [5, 5.41) is 0. The second kappa shape index (κ2) is 4.63. The van der Waals surface area contributed by atoms with Crippen molar-refractivity contribution in [3.63, 3.8) is 0 Å². The maximum absolute atomic E-state index is 11.7. The highest BCUT2D eigenvalue weighted by Gasteiger charge is 2.29. The Labute approximate surface area is 95.0 Å². The lowest BCUT2D eigenvalue weighted by Crippen LogP contribution is -2.51. The first-order valence-electron chi connectivity index (χ1n) is 5.36. The second-order valence-electron chi connectivity index (χ2n) is 4.17. The minimum Gasteiger partial charge on any atom is -0.458 e. The van der Waals surface area contributed by atoms with Crippen LogP contribution in [0, 0.1) is 0 Å². The Bertz CT molecular complexity index is 361. The van der Waals surface area contributed by atoms with Crippen molar-refractivity contribution >= 4 is 5.97 Å². The quantitative estimate of drug-likeness (QED) is 0.755. The molecule has 86 valence electrons. The summed E-state index contributed by atoms with van der Waals surface area (Å²) in [6.45, 7) is 1.60. The van der Waals surface area contributed by atoms with Gasteiger partial charge in [-0.05, 0) is 12.6 Å². The van der Waals surface area contributed by atoms with Crippen LogP contribution in [-0.2, 0) is 9.53 Å². The fourth-order valence-electron chi connectivity index (χ4n) is 1.75. The summed E-state index contributed by atoms with van der Waals surface area (Å²) >= 11 is 0. The molecule has 1 heterocycles. The topological polar surface area (TPSA) is 55.6 Å². The van der Waals surface area contributed by atoms with Gasteiger partial charge in [-0.3, -0.25) is 4.90 Å². The molecule has 0 amide bonds. The number of likely N-dealkylation sites (N-methyl/N-ethyl adjacent to an activating group) is 1. The van der Waals surface area contributed by atoms with Crippen LogP contribution >= 0.6 is 0 Å². The molecule has 0 aliphatic carbocycles. The van der Waals surface area contributed by atoms with Crippen LogP contribution < -0.4 is 5.73 Å². The van der Waals surface area contributed by atoms with E-state index in [1.807, 2.05) is 37.4 Å². The predicted octanol–water partition coefficient (Wildman–Crippen LogP) is 0.544. The van der Waals surface area contributed by atoms with Gasteiger partial charge in [0, 0.05) is 13.1 Å². The van der Waals surface area contributed by atoms with Gasteiger partial charge in [0.2, 0.25) is 0 Å². The van der Waals surface area contributed by atoms with Crippen molar-refractivity contribution in [2.75, 3.05) is 20.1 Å². The SMILES string of the molecule is CN1CC(OC(=O)C(N)c2ccccc2)C1. The molecule has 16 heavy (non-hydrogen) atoms. The van der Waals surface area contributed by atoms with Crippen LogP contribution in [0.2, 0.25) is 0 Å². The molecule has 2 rings (SSSR count). The molecule has 1 aromatic rings. The highest BCUT2D eigenvalue weighted by molar-refractivity contribution is 5.77. The highest BCUT2D eigenvalue weighted by atomic mass is 16.5. The fraction of sp³-hybridized carbons (Fsp3) is 0.417. The van der Waals surface area contributed by atoms with Crippen LogP contribution in [0.4, 0.5) is 0 Å². The standard InChI is InChI=1S/C12H16N2O2/c1-14-7-10(8-14)16-12(15)11(13)9-5-3-2-4-6-9/h2-6,10-11H,7-8,13H2,1H3. The van der Waals surface area contributed by atoms with Gasteiger partial charge in [-0.1, -0.05) is 30.3 Å². The van der Waals surface area contributed by atoms with Gasteiger partial charge in [0.25, 0.3) is 0 Å². The second-order valence-corrected chi connectivity index (χ2v) is 4.17. The summed E-state index contributed by atoms with van der Waals surface area (Å²) in [6, 6.07) is 8.60. The Morgan fingerprint density at radius 2 is 2.06 bits per heavy atom. The zero-order chi connectivity index (χ0) is 11.5. The van der Waals surface area contributed by atoms with Crippen LogP contribution in [0.15, 0.2) is 30.3 Å². The van der Waals surface area contributed by atoms with Gasteiger partial charge in [-0.25, -0.2) is 4.79 Å². The molecule has 1 aromatic carbocycles. The molecule has 0 spiro atoms. The van der Waals surface area contributed by atoms with E-state index in [1.54, 1.807) is 0 Å². The Morgan fingerprint density at radius 1 is 1.44 bits per heavy atom. The lowest BCUT2D eigenvalue weighted by Gasteiger charge is -2.35. The summed E-state index contributed by atoms with van der Waals surface area (Å²) in [7, 11) is 1.99. The van der Waals surface area contributed by atoms with E-state index < -0.39 is 6.04 Å². The molecule has 0 bridgehead atoms. The summed E-state index contributed by atoms with van der Waals surface area (Å²) in [5.74, 6) is -0.343. The Hall–Kier alpha value is -1.39. The molecule has 4 nitrogen and oxygen atoms in total. The average molecular weight is 220 g/mol. The van der Waals surface area contributed by atoms with E-state index in [0.717, 1.165) is 18.7 Å². The van der Waals surface area contributed by atoms with Crippen molar-refractivity contribution in [3.8, 4) is 0 Å². The largest absolute Gasteiger partial charge is 0.458 e. The van der Waals surface area contributed by atoms with Crippen molar-refractivity contribution < 1.29 is 9.53 Å². The Morgan fingerprint density at radius 3 is 2.62 bits per heavy atom. The smallest absolute Gasteiger partial charge is 0.327 e. The molecule has 1 aliphatic heterocycles. The number of esters is 1. The number of ether oxygens (including phenoxy) is 1. The van der Waals surface area contributed by atoms with Gasteiger partial charge in [0.05, 0.1) is 0 Å². The predicted molar refractivity (Wildman–Crippen MR) is 60.7 cm³/mol. The molecule has 0 saturated carbocycles. The molecule has 1 aliphatic rings. The van der Waals surface area contributed by atoms with Crippen molar-refractivity contribution in [3.05, 3.63) is 35.9 Å². The van der Waals surface area contributed by atoms with Crippen LogP contribution in [0.25, 0.3) is 0 Å². The fourth-order valence-corrected chi connectivity index (χ4v) is 1.75. The first-order chi connectivity index (χ1) is 7.66. The third-order valence-electron chi connectivity index (χ3n) is 2.73. The number of hydrogen-bond acceptors (Lipinski definition) is 4. The van der Waals surface area contributed by atoms with Crippen LogP contribution in [0.5, 0.6) is 0 Å². The van der Waals surface area contributed by atoms with E-state index in [4.69, 9.17) is 10.5 Å². The zero-order valence-corrected chi connectivity index (χ0v) is 9.30. The molecule has 2 N–H and O–H groups in total. The molecule has 1 fully saturated rings. The molecular weight excluding hydrogens is 204 g/mol. The van der Waals surface area contributed by atoms with Crippen molar-refractivity contribution in [2.45, 2.75) is 12.1 Å². The monoisotopic (exact) mass is 220 g/mol. The first-order valence-corrected chi connectivity index (χ1v) is 5.36. The van der Waals surface area contributed by atoms with Gasteiger partial charge < -0.3 is 10.5 Å². The van der Waals surface area contributed by atoms with E-state index in [-0.39, 0.29) is 12.1 Å². The molecule has 4 heteroatoms. The summed E-state index contributed by atoms with van der Waals surface area (Å²) < 4.78 is 5.27. The van der Waals surface area contributed by atoms with Gasteiger partial charge in [-0.2, -0.15) is 0 Å². The van der Waals surface area contributed by atoms with Gasteiger partial charge in [0.15, 0.2) is 0 Å². The van der Waals surface area contributed by atoms with Crippen molar-refractivity contribution in [1.82, 2.24) is 4.90 Å². The lowest BCUT2D eigenvalue weighted by atomic mass is 10.1. The number of nitrogens with zero attached hydrogens (tertiary/aromatic N) is 1. The molecule has 1 unspecified atom stereocenters. The molecule has 0 aromatic heterocycles. The number of carbonyl (C=O) groups is 1. The van der Waals surface area contributed by atoms with E-state index >= 15 is 0 Å². The number of carbonyl (C=O) groups excluding carboxylic acids is 1. The number of hydrogen-bond donors (Lipinski definition) is 1.